The molecule has 2 amide bonds. The first-order chi connectivity index (χ1) is 14.9. The van der Waals surface area contributed by atoms with Crippen LogP contribution < -0.4 is 19.5 Å². The number of amides is 2. The first kappa shape index (κ1) is 22.7. The van der Waals surface area contributed by atoms with Crippen molar-refractivity contribution < 1.29 is 23.8 Å². The number of ether oxygens (including phenoxy) is 3. The van der Waals surface area contributed by atoms with Crippen LogP contribution in [0, 0.1) is 0 Å². The van der Waals surface area contributed by atoms with Crippen LogP contribution in [0.4, 0.5) is 0 Å². The van der Waals surface area contributed by atoms with E-state index in [0.29, 0.717) is 53.8 Å². The van der Waals surface area contributed by atoms with E-state index in [1.165, 1.54) is 7.11 Å². The molecule has 0 spiro atoms. The number of methoxy groups -OCH3 is 3. The normalized spacial score (nSPS) is 14.1. The van der Waals surface area contributed by atoms with Crippen LogP contribution in [0.3, 0.4) is 0 Å². The van der Waals surface area contributed by atoms with Crippen LogP contribution in [0.25, 0.3) is 0 Å². The highest BCUT2D eigenvalue weighted by atomic mass is 35.5. The zero-order chi connectivity index (χ0) is 22.4. The number of hydrogen-bond donors (Lipinski definition) is 1. The molecule has 0 bridgehead atoms. The number of carbonyl (C=O) groups excluding carboxylic acids is 2. The maximum Gasteiger partial charge on any atom is 0.255 e. The molecule has 2 aromatic rings. The van der Waals surface area contributed by atoms with Gasteiger partial charge < -0.3 is 24.4 Å². The third-order valence-electron chi connectivity index (χ3n) is 5.39. The SMILES string of the molecule is COc1ccc(CC(=O)N2CCC(NC(=O)c3cc(Cl)ccc3OC)CC2)cc1OC. The van der Waals surface area contributed by atoms with Gasteiger partial charge in [-0.15, -0.1) is 0 Å². The third-order valence-corrected chi connectivity index (χ3v) is 5.63. The van der Waals surface area contributed by atoms with Crippen LogP contribution in [0.2, 0.25) is 5.02 Å². The van der Waals surface area contributed by atoms with Gasteiger partial charge in [-0.2, -0.15) is 0 Å². The minimum Gasteiger partial charge on any atom is -0.496 e. The lowest BCUT2D eigenvalue weighted by Gasteiger charge is -2.32. The number of nitrogens with one attached hydrogen (secondary N) is 1. The minimum atomic E-state index is -0.227. The van der Waals surface area contributed by atoms with Gasteiger partial charge in [0.1, 0.15) is 5.75 Å². The second-order valence-electron chi connectivity index (χ2n) is 7.34. The number of piperidine rings is 1. The molecule has 0 saturated carbocycles. The Labute approximate surface area is 187 Å². The number of nitrogens with zero attached hydrogens (tertiary/aromatic N) is 1. The quantitative estimate of drug-likeness (QED) is 0.706. The molecular weight excluding hydrogens is 420 g/mol. The van der Waals surface area contributed by atoms with Crippen molar-refractivity contribution >= 4 is 23.4 Å². The summed E-state index contributed by atoms with van der Waals surface area (Å²) in [6, 6.07) is 10.4. The molecule has 1 fully saturated rings. The second kappa shape index (κ2) is 10.4. The first-order valence-electron chi connectivity index (χ1n) is 10.1. The van der Waals surface area contributed by atoms with E-state index in [4.69, 9.17) is 25.8 Å². The zero-order valence-electron chi connectivity index (χ0n) is 17.9. The fourth-order valence-corrected chi connectivity index (χ4v) is 3.84. The Hall–Kier alpha value is -2.93. The van der Waals surface area contributed by atoms with E-state index in [-0.39, 0.29) is 24.3 Å². The van der Waals surface area contributed by atoms with Crippen LogP contribution in [0.1, 0.15) is 28.8 Å². The van der Waals surface area contributed by atoms with Crippen molar-refractivity contribution in [1.82, 2.24) is 10.2 Å². The Kier molecular flexibility index (Phi) is 7.63. The van der Waals surface area contributed by atoms with Crippen LogP contribution >= 0.6 is 11.6 Å². The van der Waals surface area contributed by atoms with E-state index in [1.807, 2.05) is 17.0 Å². The smallest absolute Gasteiger partial charge is 0.255 e. The first-order valence-corrected chi connectivity index (χ1v) is 10.5. The van der Waals surface area contributed by atoms with Gasteiger partial charge in [0.15, 0.2) is 11.5 Å². The summed E-state index contributed by atoms with van der Waals surface area (Å²) in [4.78, 5) is 27.2. The van der Waals surface area contributed by atoms with Crippen molar-refractivity contribution in [3.8, 4) is 17.2 Å². The van der Waals surface area contributed by atoms with Gasteiger partial charge >= 0.3 is 0 Å². The van der Waals surface area contributed by atoms with E-state index in [2.05, 4.69) is 5.32 Å². The monoisotopic (exact) mass is 446 g/mol. The van der Waals surface area contributed by atoms with E-state index in [1.54, 1.807) is 38.5 Å². The minimum absolute atomic E-state index is 0.0127. The summed E-state index contributed by atoms with van der Waals surface area (Å²) in [7, 11) is 4.66. The Balaban J connectivity index is 1.54. The topological polar surface area (TPSA) is 77.1 Å². The number of carbonyl (C=O) groups is 2. The molecule has 7 nitrogen and oxygen atoms in total. The molecule has 31 heavy (non-hydrogen) atoms. The van der Waals surface area contributed by atoms with Crippen molar-refractivity contribution in [3.05, 3.63) is 52.5 Å². The molecular formula is C23H27ClN2O5. The molecule has 0 aliphatic carbocycles. The summed E-state index contributed by atoms with van der Waals surface area (Å²) in [5.74, 6) is 1.53. The maximum absolute atomic E-state index is 12.7. The predicted molar refractivity (Wildman–Crippen MR) is 118 cm³/mol. The molecule has 0 radical (unpaired) electrons. The van der Waals surface area contributed by atoms with E-state index in [9.17, 15) is 9.59 Å². The lowest BCUT2D eigenvalue weighted by molar-refractivity contribution is -0.131. The van der Waals surface area contributed by atoms with Gasteiger partial charge in [-0.05, 0) is 48.7 Å². The molecule has 1 aliphatic heterocycles. The van der Waals surface area contributed by atoms with Crippen LogP contribution in [0.5, 0.6) is 17.2 Å². The van der Waals surface area contributed by atoms with Gasteiger partial charge in [-0.1, -0.05) is 17.7 Å². The average Bonchev–Trinajstić information content (AvgIpc) is 2.79. The highest BCUT2D eigenvalue weighted by Crippen LogP contribution is 2.28. The predicted octanol–water partition coefficient (Wildman–Crippen LogP) is 3.33. The van der Waals surface area contributed by atoms with E-state index >= 15 is 0 Å². The molecule has 3 rings (SSSR count). The van der Waals surface area contributed by atoms with E-state index < -0.39 is 0 Å². The Bertz CT molecular complexity index is 942. The summed E-state index contributed by atoms with van der Waals surface area (Å²) in [5.41, 5.74) is 1.27. The van der Waals surface area contributed by atoms with E-state index in [0.717, 1.165) is 5.56 Å². The lowest BCUT2D eigenvalue weighted by atomic mass is 10.0. The molecule has 8 heteroatoms. The third kappa shape index (κ3) is 5.61. The molecule has 0 unspecified atom stereocenters. The number of halogens is 1. The van der Waals surface area contributed by atoms with Gasteiger partial charge in [0.25, 0.3) is 5.91 Å². The molecule has 1 heterocycles. The summed E-state index contributed by atoms with van der Waals surface area (Å²) in [6.45, 7) is 1.17. The molecule has 1 saturated heterocycles. The van der Waals surface area contributed by atoms with Gasteiger partial charge in [-0.25, -0.2) is 0 Å². The highest BCUT2D eigenvalue weighted by Gasteiger charge is 2.25. The largest absolute Gasteiger partial charge is 0.496 e. The fourth-order valence-electron chi connectivity index (χ4n) is 3.67. The van der Waals surface area contributed by atoms with Gasteiger partial charge in [-0.3, -0.25) is 9.59 Å². The summed E-state index contributed by atoms with van der Waals surface area (Å²) >= 11 is 6.02. The number of benzene rings is 2. The second-order valence-corrected chi connectivity index (χ2v) is 7.78. The van der Waals surface area contributed by atoms with Crippen LogP contribution in [-0.4, -0.2) is 57.2 Å². The lowest BCUT2D eigenvalue weighted by Crippen LogP contribution is -2.47. The van der Waals surface area contributed by atoms with Gasteiger partial charge in [0.05, 0.1) is 33.3 Å². The number of hydrogen-bond acceptors (Lipinski definition) is 5. The van der Waals surface area contributed by atoms with Crippen LogP contribution in [0.15, 0.2) is 36.4 Å². The highest BCUT2D eigenvalue weighted by molar-refractivity contribution is 6.31. The Morgan fingerprint density at radius 3 is 2.26 bits per heavy atom. The number of likely N-dealkylation sites (tertiary alicyclic amines) is 1. The van der Waals surface area contributed by atoms with Crippen molar-refractivity contribution in [2.24, 2.45) is 0 Å². The van der Waals surface area contributed by atoms with Crippen molar-refractivity contribution in [3.63, 3.8) is 0 Å². The average molecular weight is 447 g/mol. The molecule has 0 atom stereocenters. The Morgan fingerprint density at radius 2 is 1.61 bits per heavy atom. The Morgan fingerprint density at radius 1 is 0.968 bits per heavy atom. The van der Waals surface area contributed by atoms with Crippen molar-refractivity contribution in [2.75, 3.05) is 34.4 Å². The van der Waals surface area contributed by atoms with Gasteiger partial charge in [0, 0.05) is 24.2 Å². The molecule has 166 valence electrons. The molecule has 0 aromatic heterocycles. The number of rotatable bonds is 7. The zero-order valence-corrected chi connectivity index (χ0v) is 18.7. The van der Waals surface area contributed by atoms with Crippen LogP contribution in [-0.2, 0) is 11.2 Å². The molecule has 1 N–H and O–H groups in total. The van der Waals surface area contributed by atoms with Crippen molar-refractivity contribution in [2.45, 2.75) is 25.3 Å². The molecule has 1 aliphatic rings. The summed E-state index contributed by atoms with van der Waals surface area (Å²) in [5, 5.41) is 3.50. The van der Waals surface area contributed by atoms with Gasteiger partial charge in [0.2, 0.25) is 5.91 Å². The summed E-state index contributed by atoms with van der Waals surface area (Å²) < 4.78 is 15.8. The van der Waals surface area contributed by atoms with Crippen molar-refractivity contribution in [1.29, 1.82) is 0 Å². The summed E-state index contributed by atoms with van der Waals surface area (Å²) in [6.07, 6.45) is 1.66. The standard InChI is InChI=1S/C23H27ClN2O5/c1-29-19-7-5-16(24)14-18(19)23(28)25-17-8-10-26(11-9-17)22(27)13-15-4-6-20(30-2)21(12-15)31-3/h4-7,12,14,17H,8-11,13H2,1-3H3,(H,25,28). The molecule has 2 aromatic carbocycles. The maximum atomic E-state index is 12.7. The fraction of sp³-hybridized carbons (Fsp3) is 0.391.